The Morgan fingerprint density at radius 1 is 0.627 bits per heavy atom. The summed E-state index contributed by atoms with van der Waals surface area (Å²) in [4.78, 5) is 34.0. The van der Waals surface area contributed by atoms with Crippen molar-refractivity contribution in [3.8, 4) is 5.75 Å². The fourth-order valence-electron chi connectivity index (χ4n) is 4.15. The summed E-state index contributed by atoms with van der Waals surface area (Å²) in [6.07, 6.45) is 6.53. The first kappa shape index (κ1) is 41.7. The van der Waals surface area contributed by atoms with Crippen LogP contribution in [0.15, 0.2) is 98.8 Å². The van der Waals surface area contributed by atoms with Gasteiger partial charge in [-0.25, -0.2) is 24.8 Å². The number of rotatable bonds is 9. The molecule has 0 unspecified atom stereocenters. The van der Waals surface area contributed by atoms with Gasteiger partial charge in [-0.3, -0.25) is 0 Å². The Labute approximate surface area is 308 Å². The van der Waals surface area contributed by atoms with Crippen LogP contribution in [0, 0.1) is 34.6 Å². The third-order valence-electron chi connectivity index (χ3n) is 6.72. The predicted octanol–water partition coefficient (Wildman–Crippen LogP) is 9.37. The molecule has 0 aliphatic rings. The summed E-state index contributed by atoms with van der Waals surface area (Å²) in [5, 5.41) is 3.13. The van der Waals surface area contributed by atoms with Crippen molar-refractivity contribution in [1.29, 1.82) is 0 Å². The van der Waals surface area contributed by atoms with Crippen molar-refractivity contribution in [2.75, 3.05) is 42.3 Å². The Kier molecular flexibility index (Phi) is 17.6. The van der Waals surface area contributed by atoms with Crippen LogP contribution < -0.4 is 10.1 Å². The molecule has 4 aromatic carbocycles. The van der Waals surface area contributed by atoms with Gasteiger partial charge in [0.25, 0.3) is 0 Å². The van der Waals surface area contributed by atoms with Crippen LogP contribution in [0.1, 0.15) is 27.8 Å². The molecule has 10 nitrogen and oxygen atoms in total. The first-order valence-corrected chi connectivity index (χ1v) is 16.7. The van der Waals surface area contributed by atoms with E-state index in [2.05, 4.69) is 77.2 Å². The zero-order valence-corrected chi connectivity index (χ0v) is 32.4. The lowest BCUT2D eigenvalue weighted by Crippen LogP contribution is -2.21. The fraction of sp³-hybridized carbons (Fsp3) is 0.275. The number of nitrogens with one attached hydrogen (secondary N) is 1. The van der Waals surface area contributed by atoms with E-state index < -0.39 is 6.09 Å². The van der Waals surface area contributed by atoms with Crippen LogP contribution in [0.25, 0.3) is 0 Å². The Morgan fingerprint density at radius 2 is 1.10 bits per heavy atom. The summed E-state index contributed by atoms with van der Waals surface area (Å²) < 4.78 is 4.97. The molecule has 1 N–H and O–H groups in total. The number of carbonyl (C=O) groups excluding carboxylic acids is 1. The molecular weight excluding hydrogens is 660 g/mol. The third-order valence-corrected chi connectivity index (χ3v) is 6.95. The van der Waals surface area contributed by atoms with Crippen LogP contribution in [0.5, 0.6) is 5.75 Å². The molecule has 0 aliphatic heterocycles. The molecule has 4 aromatic rings. The zero-order valence-electron chi connectivity index (χ0n) is 31.6. The van der Waals surface area contributed by atoms with Gasteiger partial charge in [-0.1, -0.05) is 53.1 Å². The monoisotopic (exact) mass is 710 g/mol. The number of hydrogen-bond donors (Lipinski definition) is 1. The minimum Gasteiger partial charge on any atom is -0.410 e. The van der Waals surface area contributed by atoms with Gasteiger partial charge in [0.05, 0.1) is 48.1 Å². The van der Waals surface area contributed by atoms with E-state index in [0.29, 0.717) is 5.75 Å². The SMILES string of the molecule is CNC(=O)Oc1cccc(N=CN(C)C)c1.Cc1cc(Cl)ccc1N=CN(C)C.Cc1ccc(N=CN(C)C=Nc2ccc(C)cc2C)c(C)c1. The number of carbonyl (C=O) groups is 1. The molecule has 0 fully saturated rings. The average Bonchev–Trinajstić information content (AvgIpc) is 3.07. The Balaban J connectivity index is 0.000000276. The molecule has 11 heteroatoms. The van der Waals surface area contributed by atoms with Crippen molar-refractivity contribution in [2.45, 2.75) is 34.6 Å². The van der Waals surface area contributed by atoms with Crippen molar-refractivity contribution in [1.82, 2.24) is 20.0 Å². The molecule has 1 amide bonds. The highest BCUT2D eigenvalue weighted by Crippen LogP contribution is 2.23. The van der Waals surface area contributed by atoms with E-state index in [0.717, 1.165) is 33.3 Å². The van der Waals surface area contributed by atoms with E-state index in [1.165, 1.54) is 29.3 Å². The van der Waals surface area contributed by atoms with Gasteiger partial charge < -0.3 is 24.8 Å². The number of halogens is 1. The van der Waals surface area contributed by atoms with Crippen molar-refractivity contribution in [3.63, 3.8) is 0 Å². The summed E-state index contributed by atoms with van der Waals surface area (Å²) in [6.45, 7) is 10.3. The Hall–Kier alpha value is -5.48. The average molecular weight is 711 g/mol. The lowest BCUT2D eigenvalue weighted by molar-refractivity contribution is 0.203. The Morgan fingerprint density at radius 3 is 1.57 bits per heavy atom. The molecule has 0 aromatic heterocycles. The van der Waals surface area contributed by atoms with Gasteiger partial charge in [0.1, 0.15) is 5.75 Å². The van der Waals surface area contributed by atoms with Crippen LogP contribution in [0.3, 0.4) is 0 Å². The molecule has 0 spiro atoms. The summed E-state index contributed by atoms with van der Waals surface area (Å²) >= 11 is 5.82. The summed E-state index contributed by atoms with van der Waals surface area (Å²) in [6, 6.07) is 25.2. The third kappa shape index (κ3) is 16.7. The summed E-state index contributed by atoms with van der Waals surface area (Å²) in [5.74, 6) is 0.466. The highest BCUT2D eigenvalue weighted by atomic mass is 35.5. The second-order valence-electron chi connectivity index (χ2n) is 12.2. The maximum absolute atomic E-state index is 11.0. The van der Waals surface area contributed by atoms with Gasteiger partial charge >= 0.3 is 6.09 Å². The van der Waals surface area contributed by atoms with Crippen LogP contribution in [0.4, 0.5) is 27.5 Å². The highest BCUT2D eigenvalue weighted by Gasteiger charge is 2.02. The zero-order chi connectivity index (χ0) is 37.9. The molecular formula is C40H51ClN8O2. The van der Waals surface area contributed by atoms with Gasteiger partial charge in [-0.2, -0.15) is 0 Å². The lowest BCUT2D eigenvalue weighted by atomic mass is 10.1. The number of aryl methyl sites for hydroxylation is 5. The summed E-state index contributed by atoms with van der Waals surface area (Å²) in [5.41, 5.74) is 9.60. The molecule has 0 bridgehead atoms. The maximum atomic E-state index is 11.0. The van der Waals surface area contributed by atoms with E-state index >= 15 is 0 Å². The van der Waals surface area contributed by atoms with E-state index in [1.54, 1.807) is 43.6 Å². The van der Waals surface area contributed by atoms with E-state index in [9.17, 15) is 4.79 Å². The predicted molar refractivity (Wildman–Crippen MR) is 217 cm³/mol. The standard InChI is InChI=1S/C19H23N3.C11H15N3O2.C10H13ClN2/c1-14-6-8-18(16(3)10-14)20-12-22(5)13-21-19-9-7-15(2)11-17(19)4;1-12-11(15)16-10-6-4-5-9(7-10)13-8-14(2)3;1-8-6-9(11)4-5-10(8)12-7-13(2)3/h6-13H,1-5H3;4-8H,1-3H3,(H,12,15);4-7H,1-3H3. The minimum atomic E-state index is -0.492. The van der Waals surface area contributed by atoms with Gasteiger partial charge in [-0.05, 0) is 93.8 Å². The van der Waals surface area contributed by atoms with E-state index in [1.807, 2.05) is 93.3 Å². The van der Waals surface area contributed by atoms with Crippen molar-refractivity contribution in [2.24, 2.45) is 20.0 Å². The summed E-state index contributed by atoms with van der Waals surface area (Å²) in [7, 11) is 11.1. The second-order valence-corrected chi connectivity index (χ2v) is 12.7. The number of benzene rings is 4. The van der Waals surface area contributed by atoms with Crippen LogP contribution in [-0.4, -0.2) is 88.4 Å². The van der Waals surface area contributed by atoms with Gasteiger partial charge in [0.2, 0.25) is 0 Å². The topological polar surface area (TPSA) is 97.5 Å². The quantitative estimate of drug-likeness (QED) is 0.138. The fourth-order valence-corrected chi connectivity index (χ4v) is 4.37. The molecule has 51 heavy (non-hydrogen) atoms. The van der Waals surface area contributed by atoms with E-state index in [-0.39, 0.29) is 0 Å². The largest absolute Gasteiger partial charge is 0.412 e. The second kappa shape index (κ2) is 21.6. The van der Waals surface area contributed by atoms with E-state index in [4.69, 9.17) is 16.3 Å². The molecule has 0 heterocycles. The number of nitrogens with zero attached hydrogens (tertiary/aromatic N) is 7. The van der Waals surface area contributed by atoms with Crippen LogP contribution >= 0.6 is 11.6 Å². The lowest BCUT2D eigenvalue weighted by Gasteiger charge is -2.07. The molecule has 4 rings (SSSR count). The number of aliphatic imine (C=N–C) groups is 4. The smallest absolute Gasteiger partial charge is 0.410 e. The first-order valence-electron chi connectivity index (χ1n) is 16.3. The normalized spacial score (nSPS) is 10.9. The molecule has 0 saturated carbocycles. The molecule has 270 valence electrons. The van der Waals surface area contributed by atoms with Gasteiger partial charge in [-0.15, -0.1) is 0 Å². The maximum Gasteiger partial charge on any atom is 0.412 e. The van der Waals surface area contributed by atoms with Crippen LogP contribution in [0.2, 0.25) is 5.02 Å². The van der Waals surface area contributed by atoms with Crippen molar-refractivity contribution in [3.05, 3.63) is 112 Å². The van der Waals surface area contributed by atoms with Crippen molar-refractivity contribution < 1.29 is 9.53 Å². The molecule has 0 atom stereocenters. The molecule has 0 saturated heterocycles. The Bertz CT molecular complexity index is 1770. The first-order chi connectivity index (χ1) is 24.2. The molecule has 0 radical (unpaired) electrons. The van der Waals surface area contributed by atoms with Gasteiger partial charge in [0.15, 0.2) is 0 Å². The number of ether oxygens (including phenoxy) is 1. The minimum absolute atomic E-state index is 0.466. The highest BCUT2D eigenvalue weighted by molar-refractivity contribution is 6.30. The van der Waals surface area contributed by atoms with Gasteiger partial charge in [0, 0.05) is 53.4 Å². The number of amides is 1. The van der Waals surface area contributed by atoms with Crippen LogP contribution in [-0.2, 0) is 0 Å². The molecule has 0 aliphatic carbocycles. The van der Waals surface area contributed by atoms with Crippen molar-refractivity contribution >= 4 is 65.8 Å². The number of hydrogen-bond acceptors (Lipinski definition) is 6.